The average molecular weight is 322 g/mol. The molecule has 0 spiro atoms. The Labute approximate surface area is 90.3 Å². The predicted molar refractivity (Wildman–Crippen MR) is 48.7 cm³/mol. The standard InChI is InChI=1S/C8H4F5I/c1-2(14)3-4(9)6(11)8(13)7(12)5(3)10/h2H,1H3. The van der Waals surface area contributed by atoms with Crippen LogP contribution in [-0.2, 0) is 0 Å². The van der Waals surface area contributed by atoms with Crippen LogP contribution in [0, 0.1) is 29.1 Å². The van der Waals surface area contributed by atoms with Crippen LogP contribution in [0.1, 0.15) is 16.4 Å². The molecule has 0 nitrogen and oxygen atoms in total. The minimum atomic E-state index is -2.12. The summed E-state index contributed by atoms with van der Waals surface area (Å²) in [6, 6.07) is 0. The highest BCUT2D eigenvalue weighted by molar-refractivity contribution is 14.1. The fourth-order valence-electron chi connectivity index (χ4n) is 0.971. The van der Waals surface area contributed by atoms with Crippen molar-refractivity contribution in [3.05, 3.63) is 34.6 Å². The van der Waals surface area contributed by atoms with Crippen molar-refractivity contribution < 1.29 is 22.0 Å². The maximum Gasteiger partial charge on any atom is 0.200 e. The molecule has 0 heterocycles. The van der Waals surface area contributed by atoms with E-state index in [4.69, 9.17) is 0 Å². The van der Waals surface area contributed by atoms with Crippen LogP contribution in [0.2, 0.25) is 0 Å². The lowest BCUT2D eigenvalue weighted by molar-refractivity contribution is 0.371. The molecule has 78 valence electrons. The third kappa shape index (κ3) is 1.71. The number of hydrogen-bond donors (Lipinski definition) is 0. The molecule has 1 atom stereocenters. The number of hydrogen-bond acceptors (Lipinski definition) is 0. The van der Waals surface area contributed by atoms with Gasteiger partial charge in [-0.3, -0.25) is 0 Å². The number of benzene rings is 1. The summed E-state index contributed by atoms with van der Waals surface area (Å²) < 4.78 is 62.8. The van der Waals surface area contributed by atoms with Crippen LogP contribution in [0.5, 0.6) is 0 Å². The van der Waals surface area contributed by atoms with E-state index >= 15 is 0 Å². The molecular formula is C8H4F5I. The van der Waals surface area contributed by atoms with Crippen molar-refractivity contribution in [1.29, 1.82) is 0 Å². The van der Waals surface area contributed by atoms with Gasteiger partial charge in [0.05, 0.1) is 0 Å². The van der Waals surface area contributed by atoms with Gasteiger partial charge in [0, 0.05) is 9.49 Å². The van der Waals surface area contributed by atoms with E-state index in [1.165, 1.54) is 6.92 Å². The lowest BCUT2D eigenvalue weighted by Gasteiger charge is -2.09. The molecule has 1 unspecified atom stereocenters. The van der Waals surface area contributed by atoms with Crippen molar-refractivity contribution in [3.63, 3.8) is 0 Å². The molecule has 1 rings (SSSR count). The second kappa shape index (κ2) is 4.00. The summed E-state index contributed by atoms with van der Waals surface area (Å²) in [6.45, 7) is 1.33. The highest BCUT2D eigenvalue weighted by Gasteiger charge is 2.27. The second-order valence-corrected chi connectivity index (χ2v) is 4.47. The molecule has 0 aromatic heterocycles. The highest BCUT2D eigenvalue weighted by atomic mass is 127. The van der Waals surface area contributed by atoms with E-state index in [0.717, 1.165) is 0 Å². The quantitative estimate of drug-likeness (QED) is 0.242. The molecule has 0 bridgehead atoms. The van der Waals surface area contributed by atoms with Crippen LogP contribution in [-0.4, -0.2) is 0 Å². The van der Waals surface area contributed by atoms with Gasteiger partial charge in [0.25, 0.3) is 0 Å². The molecule has 6 heteroatoms. The van der Waals surface area contributed by atoms with E-state index in [0.29, 0.717) is 0 Å². The lowest BCUT2D eigenvalue weighted by atomic mass is 10.1. The van der Waals surface area contributed by atoms with Gasteiger partial charge in [0.2, 0.25) is 5.82 Å². The highest BCUT2D eigenvalue weighted by Crippen LogP contribution is 2.31. The molecular weight excluding hydrogens is 318 g/mol. The first-order valence-electron chi connectivity index (χ1n) is 3.53. The largest absolute Gasteiger partial charge is 0.203 e. The van der Waals surface area contributed by atoms with Crippen LogP contribution >= 0.6 is 22.6 Å². The van der Waals surface area contributed by atoms with E-state index in [1.807, 2.05) is 0 Å². The zero-order valence-electron chi connectivity index (χ0n) is 6.85. The van der Waals surface area contributed by atoms with E-state index in [9.17, 15) is 22.0 Å². The van der Waals surface area contributed by atoms with Crippen molar-refractivity contribution >= 4 is 22.6 Å². The molecule has 0 radical (unpaired) electrons. The van der Waals surface area contributed by atoms with Gasteiger partial charge in [-0.25, -0.2) is 22.0 Å². The maximum atomic E-state index is 12.9. The van der Waals surface area contributed by atoms with E-state index in [2.05, 4.69) is 0 Å². The smallest absolute Gasteiger partial charge is 0.200 e. The zero-order chi connectivity index (χ0) is 11.0. The Bertz CT molecular complexity index is 345. The maximum absolute atomic E-state index is 12.9. The molecule has 0 amide bonds. The normalized spacial score (nSPS) is 13.1. The molecule has 1 aromatic carbocycles. The van der Waals surface area contributed by atoms with Crippen LogP contribution in [0.15, 0.2) is 0 Å². The fourth-order valence-corrected chi connectivity index (χ4v) is 1.52. The molecule has 14 heavy (non-hydrogen) atoms. The van der Waals surface area contributed by atoms with Gasteiger partial charge >= 0.3 is 0 Å². The Kier molecular flexibility index (Phi) is 3.33. The van der Waals surface area contributed by atoms with Crippen molar-refractivity contribution in [2.24, 2.45) is 0 Å². The Morgan fingerprint density at radius 3 is 1.36 bits per heavy atom. The summed E-state index contributed by atoms with van der Waals surface area (Å²) in [6.07, 6.45) is 0. The predicted octanol–water partition coefficient (Wildman–Crippen LogP) is 3.88. The molecule has 0 N–H and O–H groups in total. The summed E-state index contributed by atoms with van der Waals surface area (Å²) >= 11 is 1.57. The summed E-state index contributed by atoms with van der Waals surface area (Å²) in [5.41, 5.74) is -0.790. The van der Waals surface area contributed by atoms with Crippen LogP contribution in [0.4, 0.5) is 22.0 Å². The van der Waals surface area contributed by atoms with Gasteiger partial charge in [-0.2, -0.15) is 0 Å². The Balaban J connectivity index is 3.60. The van der Waals surface area contributed by atoms with E-state index in [-0.39, 0.29) is 0 Å². The average Bonchev–Trinajstić information content (AvgIpc) is 2.11. The third-order valence-corrected chi connectivity index (χ3v) is 2.26. The molecule has 0 aliphatic rings. The first kappa shape index (κ1) is 11.7. The van der Waals surface area contributed by atoms with Gasteiger partial charge in [0.15, 0.2) is 23.3 Å². The van der Waals surface area contributed by atoms with Gasteiger partial charge in [0.1, 0.15) is 0 Å². The van der Waals surface area contributed by atoms with Crippen molar-refractivity contribution in [2.45, 2.75) is 10.8 Å². The Morgan fingerprint density at radius 2 is 1.07 bits per heavy atom. The summed E-state index contributed by atoms with van der Waals surface area (Å²) in [5, 5.41) is 0. The molecule has 0 saturated carbocycles. The van der Waals surface area contributed by atoms with E-state index in [1.54, 1.807) is 22.6 Å². The monoisotopic (exact) mass is 322 g/mol. The topological polar surface area (TPSA) is 0 Å². The molecule has 0 saturated heterocycles. The van der Waals surface area contributed by atoms with Crippen molar-refractivity contribution in [3.8, 4) is 0 Å². The van der Waals surface area contributed by atoms with Gasteiger partial charge in [-0.1, -0.05) is 22.6 Å². The second-order valence-electron chi connectivity index (χ2n) is 2.60. The number of rotatable bonds is 1. The van der Waals surface area contributed by atoms with Gasteiger partial charge in [-0.05, 0) is 6.92 Å². The zero-order valence-corrected chi connectivity index (χ0v) is 9.00. The molecule has 1 aromatic rings. The summed E-state index contributed by atoms with van der Waals surface area (Å²) in [7, 11) is 0. The van der Waals surface area contributed by atoms with Crippen LogP contribution < -0.4 is 0 Å². The number of alkyl halides is 1. The van der Waals surface area contributed by atoms with Gasteiger partial charge < -0.3 is 0 Å². The van der Waals surface area contributed by atoms with E-state index < -0.39 is 38.6 Å². The van der Waals surface area contributed by atoms with Crippen LogP contribution in [0.25, 0.3) is 0 Å². The third-order valence-electron chi connectivity index (χ3n) is 1.64. The first-order valence-corrected chi connectivity index (χ1v) is 4.77. The Morgan fingerprint density at radius 1 is 0.786 bits per heavy atom. The minimum Gasteiger partial charge on any atom is -0.203 e. The summed E-state index contributed by atoms with van der Waals surface area (Å²) in [4.78, 5) is 0. The van der Waals surface area contributed by atoms with Crippen LogP contribution in [0.3, 0.4) is 0 Å². The summed E-state index contributed by atoms with van der Waals surface area (Å²) in [5.74, 6) is -9.45. The first-order chi connectivity index (χ1) is 6.37. The SMILES string of the molecule is CC(I)c1c(F)c(F)c(F)c(F)c1F. The molecule has 0 aliphatic carbocycles. The van der Waals surface area contributed by atoms with Gasteiger partial charge in [-0.15, -0.1) is 0 Å². The van der Waals surface area contributed by atoms with Crippen molar-refractivity contribution in [1.82, 2.24) is 0 Å². The molecule has 0 fully saturated rings. The van der Waals surface area contributed by atoms with Crippen molar-refractivity contribution in [2.75, 3.05) is 0 Å². The molecule has 0 aliphatic heterocycles. The fraction of sp³-hybridized carbons (Fsp3) is 0.250. The lowest BCUT2D eigenvalue weighted by Crippen LogP contribution is -2.07. The number of halogens is 6. The Hall–Kier alpha value is -0.400. The minimum absolute atomic E-state index is 0.790.